The summed E-state index contributed by atoms with van der Waals surface area (Å²) >= 11 is 3.35. The fraction of sp³-hybridized carbons (Fsp3) is 0.143. The molecule has 3 aromatic rings. The molecule has 0 spiro atoms. The molecule has 7 heteroatoms. The molecular formula is C21H19BrFN5. The standard InChI is InChI=1S/C21H19BrFN5/c22-19-14-24-20(27-19)18-11-13-28(25-12-10-15-4-2-1-3-5-15)21(26-18)16-6-8-17(23)9-7-16/h1-9,11,14,25H,10,12-13H2,(H,24,27). The van der Waals surface area contributed by atoms with Gasteiger partial charge in [0, 0.05) is 18.3 Å². The number of imidazole rings is 1. The molecule has 0 unspecified atom stereocenters. The van der Waals surface area contributed by atoms with Gasteiger partial charge in [0.25, 0.3) is 0 Å². The van der Waals surface area contributed by atoms with Gasteiger partial charge in [-0.1, -0.05) is 30.3 Å². The van der Waals surface area contributed by atoms with Crippen LogP contribution in [0.2, 0.25) is 0 Å². The van der Waals surface area contributed by atoms with Crippen LogP contribution in [-0.2, 0) is 6.42 Å². The molecule has 5 nitrogen and oxygen atoms in total. The lowest BCUT2D eigenvalue weighted by molar-refractivity contribution is 0.336. The Morgan fingerprint density at radius 2 is 1.89 bits per heavy atom. The number of nitrogens with one attached hydrogen (secondary N) is 2. The van der Waals surface area contributed by atoms with Gasteiger partial charge < -0.3 is 4.98 Å². The Hall–Kier alpha value is -2.77. The van der Waals surface area contributed by atoms with E-state index in [4.69, 9.17) is 4.99 Å². The molecule has 2 heterocycles. The second-order valence-electron chi connectivity index (χ2n) is 6.36. The van der Waals surface area contributed by atoms with Crippen molar-refractivity contribution < 1.29 is 4.39 Å². The first-order chi connectivity index (χ1) is 13.7. The first-order valence-corrected chi connectivity index (χ1v) is 9.79. The van der Waals surface area contributed by atoms with E-state index in [9.17, 15) is 4.39 Å². The number of benzene rings is 2. The molecular weight excluding hydrogens is 421 g/mol. The zero-order chi connectivity index (χ0) is 19.3. The Balaban J connectivity index is 1.54. The van der Waals surface area contributed by atoms with Crippen LogP contribution in [0.1, 0.15) is 17.0 Å². The van der Waals surface area contributed by atoms with Crippen LogP contribution >= 0.6 is 15.9 Å². The Labute approximate surface area is 171 Å². The molecule has 0 atom stereocenters. The van der Waals surface area contributed by atoms with Gasteiger partial charge in [-0.2, -0.15) is 0 Å². The summed E-state index contributed by atoms with van der Waals surface area (Å²) in [5.74, 6) is 1.16. The number of hydrogen-bond acceptors (Lipinski definition) is 4. The molecule has 2 N–H and O–H groups in total. The number of nitrogens with zero attached hydrogens (tertiary/aromatic N) is 3. The Morgan fingerprint density at radius 1 is 1.11 bits per heavy atom. The van der Waals surface area contributed by atoms with Crippen molar-refractivity contribution >= 4 is 27.5 Å². The summed E-state index contributed by atoms with van der Waals surface area (Å²) in [7, 11) is 0. The summed E-state index contributed by atoms with van der Waals surface area (Å²) in [5, 5.41) is 1.98. The summed E-state index contributed by atoms with van der Waals surface area (Å²) < 4.78 is 14.1. The molecule has 0 fully saturated rings. The lowest BCUT2D eigenvalue weighted by Gasteiger charge is -2.29. The number of aliphatic imine (C=N–C) groups is 1. The van der Waals surface area contributed by atoms with Crippen molar-refractivity contribution in [3.63, 3.8) is 0 Å². The van der Waals surface area contributed by atoms with E-state index in [1.165, 1.54) is 17.7 Å². The van der Waals surface area contributed by atoms with Gasteiger partial charge in [0.1, 0.15) is 16.1 Å². The van der Waals surface area contributed by atoms with Crippen molar-refractivity contribution in [1.29, 1.82) is 0 Å². The van der Waals surface area contributed by atoms with Crippen molar-refractivity contribution in [3.05, 3.63) is 94.2 Å². The van der Waals surface area contributed by atoms with Gasteiger partial charge in [-0.25, -0.2) is 19.8 Å². The number of aromatic nitrogens is 2. The maximum Gasteiger partial charge on any atom is 0.157 e. The van der Waals surface area contributed by atoms with E-state index in [1.54, 1.807) is 18.3 Å². The fourth-order valence-corrected chi connectivity index (χ4v) is 3.29. The van der Waals surface area contributed by atoms with E-state index < -0.39 is 0 Å². The van der Waals surface area contributed by atoms with Gasteiger partial charge >= 0.3 is 0 Å². The molecule has 1 aliphatic heterocycles. The Bertz CT molecular complexity index is 995. The molecule has 0 saturated heterocycles. The van der Waals surface area contributed by atoms with Gasteiger partial charge in [0.15, 0.2) is 11.7 Å². The van der Waals surface area contributed by atoms with Crippen LogP contribution < -0.4 is 5.43 Å². The van der Waals surface area contributed by atoms with E-state index in [0.29, 0.717) is 12.4 Å². The predicted molar refractivity (Wildman–Crippen MR) is 112 cm³/mol. The zero-order valence-corrected chi connectivity index (χ0v) is 16.7. The van der Waals surface area contributed by atoms with E-state index in [0.717, 1.165) is 34.7 Å². The van der Waals surface area contributed by atoms with Crippen molar-refractivity contribution in [2.75, 3.05) is 13.1 Å². The van der Waals surface area contributed by atoms with Crippen LogP contribution in [0.15, 0.2) is 76.5 Å². The van der Waals surface area contributed by atoms with Crippen LogP contribution in [0.25, 0.3) is 5.70 Å². The average Bonchev–Trinajstić information content (AvgIpc) is 3.16. The number of hydrazine groups is 1. The second kappa shape index (κ2) is 8.50. The Morgan fingerprint density at radius 3 is 2.61 bits per heavy atom. The quantitative estimate of drug-likeness (QED) is 0.605. The molecule has 0 amide bonds. The lowest BCUT2D eigenvalue weighted by Crippen LogP contribution is -2.45. The number of rotatable bonds is 6. The molecule has 0 saturated carbocycles. The van der Waals surface area contributed by atoms with Gasteiger partial charge in [-0.15, -0.1) is 0 Å². The number of amidine groups is 1. The minimum absolute atomic E-state index is 0.269. The highest BCUT2D eigenvalue weighted by molar-refractivity contribution is 9.10. The molecule has 0 aliphatic carbocycles. The van der Waals surface area contributed by atoms with Crippen LogP contribution in [0.3, 0.4) is 0 Å². The molecule has 0 radical (unpaired) electrons. The summed E-state index contributed by atoms with van der Waals surface area (Å²) in [5.41, 5.74) is 6.30. The summed E-state index contributed by atoms with van der Waals surface area (Å²) in [6.07, 6.45) is 4.68. The summed E-state index contributed by atoms with van der Waals surface area (Å²) in [6, 6.07) is 16.7. The summed E-state index contributed by atoms with van der Waals surface area (Å²) in [6.45, 7) is 1.39. The highest BCUT2D eigenvalue weighted by atomic mass is 79.9. The van der Waals surface area contributed by atoms with Crippen LogP contribution in [0, 0.1) is 5.82 Å². The third-order valence-corrected chi connectivity index (χ3v) is 4.81. The third-order valence-electron chi connectivity index (χ3n) is 4.40. The van der Waals surface area contributed by atoms with E-state index in [2.05, 4.69) is 43.5 Å². The highest BCUT2D eigenvalue weighted by Gasteiger charge is 2.20. The normalized spacial score (nSPS) is 14.0. The van der Waals surface area contributed by atoms with Gasteiger partial charge in [0.2, 0.25) is 0 Å². The van der Waals surface area contributed by atoms with Crippen LogP contribution in [0.4, 0.5) is 4.39 Å². The predicted octanol–water partition coefficient (Wildman–Crippen LogP) is 4.16. The molecule has 0 bridgehead atoms. The first-order valence-electron chi connectivity index (χ1n) is 9.00. The molecule has 2 aromatic carbocycles. The lowest BCUT2D eigenvalue weighted by atomic mass is 10.1. The van der Waals surface area contributed by atoms with Crippen molar-refractivity contribution in [2.45, 2.75) is 6.42 Å². The van der Waals surface area contributed by atoms with E-state index in [1.807, 2.05) is 29.3 Å². The highest BCUT2D eigenvalue weighted by Crippen LogP contribution is 2.21. The van der Waals surface area contributed by atoms with Crippen molar-refractivity contribution in [3.8, 4) is 0 Å². The van der Waals surface area contributed by atoms with Gasteiger partial charge in [-0.3, -0.25) is 5.01 Å². The third kappa shape index (κ3) is 4.37. The number of hydrogen-bond donors (Lipinski definition) is 2. The molecule has 28 heavy (non-hydrogen) atoms. The molecule has 142 valence electrons. The minimum atomic E-state index is -0.269. The number of halogens is 2. The van der Waals surface area contributed by atoms with Crippen LogP contribution in [0.5, 0.6) is 0 Å². The molecule has 1 aliphatic rings. The smallest absolute Gasteiger partial charge is 0.157 e. The maximum absolute atomic E-state index is 13.4. The van der Waals surface area contributed by atoms with Crippen molar-refractivity contribution in [1.82, 2.24) is 20.4 Å². The monoisotopic (exact) mass is 439 g/mol. The topological polar surface area (TPSA) is 56.3 Å². The number of H-pyrrole nitrogens is 1. The maximum atomic E-state index is 13.4. The summed E-state index contributed by atoms with van der Waals surface area (Å²) in [4.78, 5) is 12.3. The molecule has 4 rings (SSSR count). The van der Waals surface area contributed by atoms with E-state index in [-0.39, 0.29) is 5.82 Å². The van der Waals surface area contributed by atoms with Crippen molar-refractivity contribution in [2.24, 2.45) is 4.99 Å². The van der Waals surface area contributed by atoms with Crippen LogP contribution in [-0.4, -0.2) is 33.9 Å². The second-order valence-corrected chi connectivity index (χ2v) is 7.17. The van der Waals surface area contributed by atoms with Gasteiger partial charge in [0.05, 0.1) is 6.54 Å². The number of aromatic amines is 1. The first kappa shape index (κ1) is 18.6. The SMILES string of the molecule is Fc1ccc(C2=NC(c3nc(Br)c[nH]3)=CCN2NCCc2ccccc2)cc1. The zero-order valence-electron chi connectivity index (χ0n) is 15.1. The average molecular weight is 440 g/mol. The largest absolute Gasteiger partial charge is 0.342 e. The van der Waals surface area contributed by atoms with Gasteiger partial charge in [-0.05, 0) is 58.3 Å². The molecule has 1 aromatic heterocycles. The Kier molecular flexibility index (Phi) is 5.64. The fourth-order valence-electron chi connectivity index (χ4n) is 3.00. The minimum Gasteiger partial charge on any atom is -0.342 e. The van der Waals surface area contributed by atoms with E-state index >= 15 is 0 Å².